The molecule has 0 amide bonds. The third-order valence-electron chi connectivity index (χ3n) is 3.60. The summed E-state index contributed by atoms with van der Waals surface area (Å²) in [7, 11) is 0. The van der Waals surface area contributed by atoms with E-state index in [1.165, 1.54) is 11.3 Å². The molecule has 5 unspecified atom stereocenters. The van der Waals surface area contributed by atoms with Crippen molar-refractivity contribution in [1.29, 1.82) is 0 Å². The van der Waals surface area contributed by atoms with Crippen molar-refractivity contribution in [3.8, 4) is 0 Å². The van der Waals surface area contributed by atoms with Crippen LogP contribution in [0.3, 0.4) is 0 Å². The number of hydrogen-bond acceptors (Lipinski definition) is 3. The summed E-state index contributed by atoms with van der Waals surface area (Å²) in [5.41, 5.74) is 0. The van der Waals surface area contributed by atoms with Gasteiger partial charge in [0.05, 0.1) is 28.2 Å². The first-order valence-electron chi connectivity index (χ1n) is 5.58. The Morgan fingerprint density at radius 2 is 2.06 bits per heavy atom. The Balaban J connectivity index is 2.22. The van der Waals surface area contributed by atoms with E-state index >= 15 is 0 Å². The van der Waals surface area contributed by atoms with Crippen LogP contribution in [0.25, 0.3) is 0 Å². The minimum absolute atomic E-state index is 0.0816. The van der Waals surface area contributed by atoms with Gasteiger partial charge in [0, 0.05) is 5.92 Å². The first kappa shape index (κ1) is 12.4. The monoisotopic (exact) mass is 260 g/mol. The molecule has 1 aliphatic rings. The summed E-state index contributed by atoms with van der Waals surface area (Å²) in [6.07, 6.45) is -0.228. The predicted octanol–water partition coefficient (Wildman–Crippen LogP) is 3.49. The van der Waals surface area contributed by atoms with Gasteiger partial charge in [-0.15, -0.1) is 11.3 Å². The molecule has 1 fully saturated rings. The lowest BCUT2D eigenvalue weighted by Gasteiger charge is -2.24. The molecule has 1 aliphatic heterocycles. The largest absolute Gasteiger partial charge is 0.387 e. The van der Waals surface area contributed by atoms with Crippen LogP contribution < -0.4 is 0 Å². The first-order chi connectivity index (χ1) is 7.52. The number of aliphatic hydroxyl groups is 1. The Bertz CT molecular complexity index is 366. The molecule has 90 valence electrons. The fraction of sp³-hybridized carbons (Fsp3) is 0.667. The average Bonchev–Trinajstić information content (AvgIpc) is 2.73. The molecule has 2 nitrogen and oxygen atoms in total. The Morgan fingerprint density at radius 1 is 1.38 bits per heavy atom. The number of hydrogen-bond donors (Lipinski definition) is 1. The highest BCUT2D eigenvalue weighted by atomic mass is 35.5. The third-order valence-corrected chi connectivity index (χ3v) is 5.03. The quantitative estimate of drug-likeness (QED) is 0.882. The van der Waals surface area contributed by atoms with Crippen molar-refractivity contribution in [2.45, 2.75) is 39.1 Å². The number of aliphatic hydroxyl groups excluding tert-OH is 1. The van der Waals surface area contributed by atoms with E-state index in [0.29, 0.717) is 10.9 Å². The summed E-state index contributed by atoms with van der Waals surface area (Å²) >= 11 is 7.57. The molecule has 0 spiro atoms. The second-order valence-corrected chi connectivity index (χ2v) is 5.92. The van der Waals surface area contributed by atoms with Gasteiger partial charge in [-0.1, -0.05) is 18.5 Å². The second kappa shape index (κ2) is 4.65. The summed E-state index contributed by atoms with van der Waals surface area (Å²) in [6.45, 7) is 6.21. The molecule has 1 aromatic heterocycles. The SMILES string of the molecule is CC1OC(C)C(C(O)c2sccc2Cl)C1C. The van der Waals surface area contributed by atoms with Crippen LogP contribution in [0.2, 0.25) is 5.02 Å². The average molecular weight is 261 g/mol. The Morgan fingerprint density at radius 3 is 2.50 bits per heavy atom. The number of halogens is 1. The van der Waals surface area contributed by atoms with Gasteiger partial charge in [-0.2, -0.15) is 0 Å². The summed E-state index contributed by atoms with van der Waals surface area (Å²) in [5.74, 6) is 0.481. The van der Waals surface area contributed by atoms with Crippen molar-refractivity contribution >= 4 is 22.9 Å². The van der Waals surface area contributed by atoms with Crippen LogP contribution in [0, 0.1) is 11.8 Å². The predicted molar refractivity (Wildman–Crippen MR) is 67.0 cm³/mol. The maximum atomic E-state index is 10.4. The van der Waals surface area contributed by atoms with Crippen LogP contribution in [0.15, 0.2) is 11.4 Å². The molecule has 0 aromatic carbocycles. The molecule has 5 atom stereocenters. The van der Waals surface area contributed by atoms with Gasteiger partial charge in [0.25, 0.3) is 0 Å². The Labute approximate surface area is 105 Å². The molecule has 16 heavy (non-hydrogen) atoms. The van der Waals surface area contributed by atoms with Gasteiger partial charge in [-0.25, -0.2) is 0 Å². The highest BCUT2D eigenvalue weighted by Gasteiger charge is 2.42. The number of rotatable bonds is 2. The van der Waals surface area contributed by atoms with Gasteiger partial charge in [0.1, 0.15) is 0 Å². The van der Waals surface area contributed by atoms with Crippen LogP contribution in [-0.4, -0.2) is 17.3 Å². The highest BCUT2D eigenvalue weighted by Crippen LogP contribution is 2.43. The molecule has 1 saturated heterocycles. The van der Waals surface area contributed by atoms with E-state index in [4.69, 9.17) is 16.3 Å². The van der Waals surface area contributed by atoms with Gasteiger partial charge in [-0.05, 0) is 31.2 Å². The van der Waals surface area contributed by atoms with Gasteiger partial charge in [-0.3, -0.25) is 0 Å². The summed E-state index contributed by atoms with van der Waals surface area (Å²) in [5, 5.41) is 13.0. The zero-order valence-corrected chi connectivity index (χ0v) is 11.3. The molecule has 0 radical (unpaired) electrons. The van der Waals surface area contributed by atoms with Gasteiger partial charge < -0.3 is 9.84 Å². The van der Waals surface area contributed by atoms with Crippen molar-refractivity contribution in [2.24, 2.45) is 11.8 Å². The molecular weight excluding hydrogens is 244 g/mol. The summed E-state index contributed by atoms with van der Waals surface area (Å²) in [6, 6.07) is 1.83. The third kappa shape index (κ3) is 2.02. The van der Waals surface area contributed by atoms with E-state index in [1.807, 2.05) is 18.4 Å². The molecule has 2 heterocycles. The molecule has 2 rings (SSSR count). The zero-order valence-electron chi connectivity index (χ0n) is 9.68. The maximum Gasteiger partial charge on any atom is 0.0953 e. The smallest absolute Gasteiger partial charge is 0.0953 e. The molecule has 0 aliphatic carbocycles. The Hall–Kier alpha value is -0.0900. The fourth-order valence-electron chi connectivity index (χ4n) is 2.53. The molecule has 4 heteroatoms. The summed E-state index contributed by atoms with van der Waals surface area (Å²) in [4.78, 5) is 0.864. The first-order valence-corrected chi connectivity index (χ1v) is 6.84. The minimum atomic E-state index is -0.512. The Kier molecular flexibility index (Phi) is 3.59. The highest BCUT2D eigenvalue weighted by molar-refractivity contribution is 7.10. The van der Waals surface area contributed by atoms with Crippen molar-refractivity contribution in [3.63, 3.8) is 0 Å². The van der Waals surface area contributed by atoms with Crippen LogP contribution in [-0.2, 0) is 4.74 Å². The topological polar surface area (TPSA) is 29.5 Å². The van der Waals surface area contributed by atoms with E-state index in [-0.39, 0.29) is 18.1 Å². The lowest BCUT2D eigenvalue weighted by molar-refractivity contribution is 0.0242. The van der Waals surface area contributed by atoms with Gasteiger partial charge in [0.2, 0.25) is 0 Å². The van der Waals surface area contributed by atoms with Gasteiger partial charge >= 0.3 is 0 Å². The van der Waals surface area contributed by atoms with Crippen molar-refractivity contribution < 1.29 is 9.84 Å². The van der Waals surface area contributed by atoms with E-state index < -0.39 is 6.10 Å². The minimum Gasteiger partial charge on any atom is -0.387 e. The molecule has 0 saturated carbocycles. The van der Waals surface area contributed by atoms with Gasteiger partial charge in [0.15, 0.2) is 0 Å². The van der Waals surface area contributed by atoms with Crippen molar-refractivity contribution in [3.05, 3.63) is 21.3 Å². The summed E-state index contributed by atoms with van der Waals surface area (Å²) < 4.78 is 5.75. The zero-order chi connectivity index (χ0) is 11.9. The number of thiophene rings is 1. The molecule has 1 aromatic rings. The lowest BCUT2D eigenvalue weighted by Crippen LogP contribution is -2.24. The standard InChI is InChI=1S/C12H17ClO2S/c1-6-7(2)15-8(3)10(6)11(14)12-9(13)4-5-16-12/h4-8,10-11,14H,1-3H3. The normalized spacial score (nSPS) is 36.6. The van der Waals surface area contributed by atoms with E-state index in [9.17, 15) is 5.11 Å². The second-order valence-electron chi connectivity index (χ2n) is 4.56. The van der Waals surface area contributed by atoms with E-state index in [0.717, 1.165) is 4.88 Å². The number of ether oxygens (including phenoxy) is 1. The van der Waals surface area contributed by atoms with Crippen molar-refractivity contribution in [2.75, 3.05) is 0 Å². The maximum absolute atomic E-state index is 10.4. The molecular formula is C12H17ClO2S. The molecule has 0 bridgehead atoms. The van der Waals surface area contributed by atoms with Crippen LogP contribution >= 0.6 is 22.9 Å². The van der Waals surface area contributed by atoms with Crippen LogP contribution in [0.4, 0.5) is 0 Å². The lowest BCUT2D eigenvalue weighted by atomic mass is 9.84. The van der Waals surface area contributed by atoms with E-state index in [1.54, 1.807) is 0 Å². The van der Waals surface area contributed by atoms with Crippen LogP contribution in [0.1, 0.15) is 31.8 Å². The fourth-order valence-corrected chi connectivity index (χ4v) is 3.74. The van der Waals surface area contributed by atoms with E-state index in [2.05, 4.69) is 13.8 Å². The molecule has 1 N–H and O–H groups in total. The van der Waals surface area contributed by atoms with Crippen LogP contribution in [0.5, 0.6) is 0 Å². The van der Waals surface area contributed by atoms with Crippen molar-refractivity contribution in [1.82, 2.24) is 0 Å².